The lowest BCUT2D eigenvalue weighted by Gasteiger charge is -2.12. The highest BCUT2D eigenvalue weighted by Gasteiger charge is 2.11. The number of amides is 1. The van der Waals surface area contributed by atoms with Crippen molar-refractivity contribution in [2.75, 3.05) is 0 Å². The molecule has 0 aromatic heterocycles. The van der Waals surface area contributed by atoms with Crippen LogP contribution in [-0.4, -0.2) is 17.8 Å². The van der Waals surface area contributed by atoms with Gasteiger partial charge in [0.1, 0.15) is 17.3 Å². The molecule has 0 aliphatic rings. The van der Waals surface area contributed by atoms with Crippen LogP contribution in [0.4, 0.5) is 0 Å². The molecule has 0 heterocycles. The Morgan fingerprint density at radius 1 is 1.10 bits per heavy atom. The fourth-order valence-electron chi connectivity index (χ4n) is 1.66. The minimum absolute atomic E-state index is 0.0765. The van der Waals surface area contributed by atoms with Crippen molar-refractivity contribution in [3.63, 3.8) is 0 Å². The van der Waals surface area contributed by atoms with Crippen LogP contribution in [0.3, 0.4) is 0 Å². The predicted molar refractivity (Wildman–Crippen MR) is 81.8 cm³/mol. The molecule has 0 saturated carbocycles. The number of hydrogen-bond acceptors (Lipinski definition) is 3. The normalized spacial score (nSPS) is 11.5. The molecule has 1 atom stereocenters. The Hall–Kier alpha value is -2.82. The summed E-state index contributed by atoms with van der Waals surface area (Å²) in [6.07, 6.45) is 0. The first-order valence-corrected chi connectivity index (χ1v) is 6.54. The Bertz CT molecular complexity index is 624. The van der Waals surface area contributed by atoms with Crippen LogP contribution in [0, 0.1) is 5.41 Å². The van der Waals surface area contributed by atoms with Gasteiger partial charge in [-0.3, -0.25) is 10.2 Å². The van der Waals surface area contributed by atoms with E-state index in [0.717, 1.165) is 5.75 Å². The van der Waals surface area contributed by atoms with Gasteiger partial charge in [0.05, 0.1) is 6.04 Å². The highest BCUT2D eigenvalue weighted by atomic mass is 16.5. The number of amidine groups is 1. The SMILES string of the molecule is C[C@H](NC(=O)c1ccc(Oc2ccccc2)cc1)C(=N)N. The molecule has 0 saturated heterocycles. The Balaban J connectivity index is 2.02. The van der Waals surface area contributed by atoms with E-state index in [9.17, 15) is 4.79 Å². The topological polar surface area (TPSA) is 88.2 Å². The molecule has 0 radical (unpaired) electrons. The first-order valence-electron chi connectivity index (χ1n) is 6.54. The van der Waals surface area contributed by atoms with Crippen molar-refractivity contribution in [1.29, 1.82) is 5.41 Å². The van der Waals surface area contributed by atoms with Gasteiger partial charge in [0.15, 0.2) is 0 Å². The van der Waals surface area contributed by atoms with Crippen LogP contribution in [0.25, 0.3) is 0 Å². The van der Waals surface area contributed by atoms with Gasteiger partial charge in [-0.1, -0.05) is 18.2 Å². The number of nitrogens with two attached hydrogens (primary N) is 1. The van der Waals surface area contributed by atoms with Crippen LogP contribution in [0.5, 0.6) is 11.5 Å². The molecule has 0 aliphatic heterocycles. The van der Waals surface area contributed by atoms with Gasteiger partial charge >= 0.3 is 0 Å². The van der Waals surface area contributed by atoms with Gasteiger partial charge in [-0.25, -0.2) is 0 Å². The Morgan fingerprint density at radius 3 is 2.24 bits per heavy atom. The number of carbonyl (C=O) groups is 1. The summed E-state index contributed by atoms with van der Waals surface area (Å²) in [6.45, 7) is 1.66. The molecule has 4 N–H and O–H groups in total. The summed E-state index contributed by atoms with van der Waals surface area (Å²) in [5, 5.41) is 9.89. The number of benzene rings is 2. The number of hydrogen-bond donors (Lipinski definition) is 3. The van der Waals surface area contributed by atoms with Crippen molar-refractivity contribution < 1.29 is 9.53 Å². The number of rotatable bonds is 5. The van der Waals surface area contributed by atoms with Crippen LogP contribution in [0.15, 0.2) is 54.6 Å². The highest BCUT2D eigenvalue weighted by molar-refractivity contribution is 5.97. The minimum atomic E-state index is -0.488. The quantitative estimate of drug-likeness (QED) is 0.582. The number of carbonyl (C=O) groups excluding carboxylic acids is 1. The fraction of sp³-hybridized carbons (Fsp3) is 0.125. The van der Waals surface area contributed by atoms with Crippen molar-refractivity contribution in [3.05, 3.63) is 60.2 Å². The molecule has 2 aromatic rings. The third kappa shape index (κ3) is 4.07. The second kappa shape index (κ2) is 6.56. The minimum Gasteiger partial charge on any atom is -0.457 e. The van der Waals surface area contributed by atoms with E-state index in [1.54, 1.807) is 31.2 Å². The first kappa shape index (κ1) is 14.6. The van der Waals surface area contributed by atoms with Gasteiger partial charge in [0.2, 0.25) is 0 Å². The van der Waals surface area contributed by atoms with E-state index in [1.165, 1.54) is 0 Å². The number of para-hydroxylation sites is 1. The molecule has 5 heteroatoms. The molecule has 2 rings (SSSR count). The monoisotopic (exact) mass is 283 g/mol. The van der Waals surface area contributed by atoms with E-state index in [1.807, 2.05) is 30.3 Å². The zero-order valence-corrected chi connectivity index (χ0v) is 11.7. The molecular formula is C16H17N3O2. The molecule has 2 aromatic carbocycles. The van der Waals surface area contributed by atoms with Gasteiger partial charge in [0.25, 0.3) is 5.91 Å². The van der Waals surface area contributed by atoms with Crippen molar-refractivity contribution in [1.82, 2.24) is 5.32 Å². The van der Waals surface area contributed by atoms with Gasteiger partial charge in [0, 0.05) is 5.56 Å². The lowest BCUT2D eigenvalue weighted by atomic mass is 10.2. The average Bonchev–Trinajstić information content (AvgIpc) is 2.48. The Kier molecular flexibility index (Phi) is 4.56. The van der Waals surface area contributed by atoms with Gasteiger partial charge in [-0.05, 0) is 43.3 Å². The van der Waals surface area contributed by atoms with E-state index >= 15 is 0 Å². The fourth-order valence-corrected chi connectivity index (χ4v) is 1.66. The van der Waals surface area contributed by atoms with E-state index < -0.39 is 6.04 Å². The maximum Gasteiger partial charge on any atom is 0.251 e. The van der Waals surface area contributed by atoms with Crippen LogP contribution in [0.1, 0.15) is 17.3 Å². The van der Waals surface area contributed by atoms with Gasteiger partial charge in [-0.15, -0.1) is 0 Å². The molecule has 1 amide bonds. The summed E-state index contributed by atoms with van der Waals surface area (Å²) >= 11 is 0. The molecule has 5 nitrogen and oxygen atoms in total. The summed E-state index contributed by atoms with van der Waals surface area (Å²) in [5.41, 5.74) is 5.81. The standard InChI is InChI=1S/C16H17N3O2/c1-11(15(17)18)19-16(20)12-7-9-14(10-8-12)21-13-5-3-2-4-6-13/h2-11H,1H3,(H3,17,18)(H,19,20)/t11-/m0/s1. The van der Waals surface area contributed by atoms with Crippen LogP contribution in [0.2, 0.25) is 0 Å². The maximum atomic E-state index is 11.9. The highest BCUT2D eigenvalue weighted by Crippen LogP contribution is 2.21. The van der Waals surface area contributed by atoms with Crippen LogP contribution < -0.4 is 15.8 Å². The summed E-state index contributed by atoms with van der Waals surface area (Å²) < 4.78 is 5.65. The maximum absolute atomic E-state index is 11.9. The molecule has 0 spiro atoms. The number of nitrogens with one attached hydrogen (secondary N) is 2. The largest absolute Gasteiger partial charge is 0.457 e. The van der Waals surface area contributed by atoms with Crippen molar-refractivity contribution in [3.8, 4) is 11.5 Å². The lowest BCUT2D eigenvalue weighted by molar-refractivity contribution is 0.0949. The lowest BCUT2D eigenvalue weighted by Crippen LogP contribution is -2.41. The Morgan fingerprint density at radius 2 is 1.67 bits per heavy atom. The zero-order chi connectivity index (χ0) is 15.2. The second-order valence-electron chi connectivity index (χ2n) is 4.59. The molecule has 108 valence electrons. The summed E-state index contributed by atoms with van der Waals surface area (Å²) in [5.74, 6) is 1.04. The third-order valence-corrected chi connectivity index (χ3v) is 2.91. The van der Waals surface area contributed by atoms with E-state index in [4.69, 9.17) is 15.9 Å². The third-order valence-electron chi connectivity index (χ3n) is 2.91. The molecule has 0 fully saturated rings. The van der Waals surface area contributed by atoms with E-state index in [0.29, 0.717) is 11.3 Å². The van der Waals surface area contributed by atoms with Gasteiger partial charge in [-0.2, -0.15) is 0 Å². The van der Waals surface area contributed by atoms with Crippen LogP contribution >= 0.6 is 0 Å². The van der Waals surface area contributed by atoms with Crippen molar-refractivity contribution >= 4 is 11.7 Å². The first-order chi connectivity index (χ1) is 10.1. The van der Waals surface area contributed by atoms with Gasteiger partial charge < -0.3 is 15.8 Å². The van der Waals surface area contributed by atoms with E-state index in [2.05, 4.69) is 5.32 Å². The molecule has 0 aliphatic carbocycles. The summed E-state index contributed by atoms with van der Waals surface area (Å²) in [7, 11) is 0. The second-order valence-corrected chi connectivity index (χ2v) is 4.59. The summed E-state index contributed by atoms with van der Waals surface area (Å²) in [6, 6.07) is 15.7. The summed E-state index contributed by atoms with van der Waals surface area (Å²) in [4.78, 5) is 11.9. The molecule has 0 unspecified atom stereocenters. The average molecular weight is 283 g/mol. The van der Waals surface area contributed by atoms with Crippen LogP contribution in [-0.2, 0) is 0 Å². The Labute approximate surface area is 123 Å². The molecule has 0 bridgehead atoms. The van der Waals surface area contributed by atoms with E-state index in [-0.39, 0.29) is 11.7 Å². The molecular weight excluding hydrogens is 266 g/mol. The van der Waals surface area contributed by atoms with Crippen molar-refractivity contribution in [2.45, 2.75) is 13.0 Å². The smallest absolute Gasteiger partial charge is 0.251 e. The predicted octanol–water partition coefficient (Wildman–Crippen LogP) is 2.53. The van der Waals surface area contributed by atoms with Crippen molar-refractivity contribution in [2.24, 2.45) is 5.73 Å². The zero-order valence-electron chi connectivity index (χ0n) is 11.7. The number of ether oxygens (including phenoxy) is 1. The molecule has 21 heavy (non-hydrogen) atoms.